The van der Waals surface area contributed by atoms with Crippen molar-refractivity contribution in [2.75, 3.05) is 6.61 Å². The Morgan fingerprint density at radius 2 is 1.72 bits per heavy atom. The summed E-state index contributed by atoms with van der Waals surface area (Å²) < 4.78 is 6.07. The molecule has 7 atom stereocenters. The van der Waals surface area contributed by atoms with Crippen LogP contribution in [-0.2, 0) is 14.3 Å². The van der Waals surface area contributed by atoms with Crippen molar-refractivity contribution in [3.8, 4) is 0 Å². The summed E-state index contributed by atoms with van der Waals surface area (Å²) in [5, 5.41) is 45.0. The van der Waals surface area contributed by atoms with Crippen LogP contribution in [0.5, 0.6) is 0 Å². The van der Waals surface area contributed by atoms with Crippen molar-refractivity contribution >= 4 is 11.8 Å². The first-order valence-corrected chi connectivity index (χ1v) is 13.8. The molecule has 0 aromatic rings. The van der Waals surface area contributed by atoms with Crippen LogP contribution in [0.1, 0.15) is 91.9 Å². The minimum absolute atomic E-state index is 0.0755. The zero-order valence-electron chi connectivity index (χ0n) is 22.3. The largest absolute Gasteiger partial charge is 0.455 e. The molecule has 0 heterocycles. The Balaban J connectivity index is 1.54. The molecule has 4 N–H and O–H groups in total. The van der Waals surface area contributed by atoms with E-state index in [4.69, 9.17) is 4.74 Å². The monoisotopic (exact) mass is 504 g/mol. The molecule has 0 aromatic heterocycles. The Kier molecular flexibility index (Phi) is 7.37. The number of Topliss-reactive ketones (excluding diaryl/α,β-unsaturated/α-hetero) is 1. The lowest BCUT2D eigenvalue weighted by Gasteiger charge is -2.48. The molecule has 0 aliphatic heterocycles. The summed E-state index contributed by atoms with van der Waals surface area (Å²) in [5.41, 5.74) is -4.42. The van der Waals surface area contributed by atoms with Gasteiger partial charge in [-0.05, 0) is 24.5 Å². The molecule has 2 fully saturated rings. The highest BCUT2D eigenvalue weighted by Gasteiger charge is 2.85. The Morgan fingerprint density at radius 1 is 1.08 bits per heavy atom. The SMILES string of the molecule is CCCCCCCCCC(=O)O[C@@]12[C@H](O)C[C@@]3(O)[C@@H](C=C(CO)C[C@]4(O)C(=O)C(C)=C[C@@H]34)[C@@H]1C2(C)C. The van der Waals surface area contributed by atoms with E-state index in [1.807, 2.05) is 13.8 Å². The lowest BCUT2D eigenvalue weighted by Crippen LogP contribution is -2.60. The van der Waals surface area contributed by atoms with Crippen molar-refractivity contribution < 1.29 is 34.8 Å². The van der Waals surface area contributed by atoms with E-state index < -0.39 is 51.9 Å². The van der Waals surface area contributed by atoms with Gasteiger partial charge in [-0.1, -0.05) is 71.4 Å². The number of aliphatic hydroxyl groups is 4. The minimum Gasteiger partial charge on any atom is -0.455 e. The van der Waals surface area contributed by atoms with Crippen molar-refractivity contribution in [3.05, 3.63) is 23.3 Å². The fourth-order valence-electron chi connectivity index (χ4n) is 7.80. The number of ether oxygens (including phenoxy) is 1. The van der Waals surface area contributed by atoms with Crippen LogP contribution in [0.2, 0.25) is 0 Å². The van der Waals surface area contributed by atoms with Gasteiger partial charge >= 0.3 is 5.97 Å². The van der Waals surface area contributed by atoms with E-state index in [2.05, 4.69) is 6.92 Å². The average Bonchev–Trinajstić information content (AvgIpc) is 3.25. The molecule has 4 aliphatic carbocycles. The number of carbonyl (C=O) groups excluding carboxylic acids is 2. The Bertz CT molecular complexity index is 951. The van der Waals surface area contributed by atoms with Gasteiger partial charge in [-0.2, -0.15) is 0 Å². The maximum absolute atomic E-state index is 12.9. The first kappa shape index (κ1) is 27.5. The number of rotatable bonds is 10. The molecule has 2 saturated carbocycles. The second-order valence-corrected chi connectivity index (χ2v) is 12.3. The topological polar surface area (TPSA) is 124 Å². The van der Waals surface area contributed by atoms with Crippen LogP contribution in [0.15, 0.2) is 23.3 Å². The first-order valence-electron chi connectivity index (χ1n) is 13.8. The molecule has 7 nitrogen and oxygen atoms in total. The Labute approximate surface area is 214 Å². The number of aliphatic hydroxyl groups excluding tert-OH is 2. The highest BCUT2D eigenvalue weighted by molar-refractivity contribution is 6.04. The third-order valence-electron chi connectivity index (χ3n) is 9.72. The Hall–Kier alpha value is -1.54. The number of esters is 1. The quantitative estimate of drug-likeness (QED) is 0.204. The van der Waals surface area contributed by atoms with Gasteiger partial charge < -0.3 is 25.2 Å². The van der Waals surface area contributed by atoms with Crippen LogP contribution in [0, 0.1) is 23.2 Å². The van der Waals surface area contributed by atoms with Crippen LogP contribution in [-0.4, -0.2) is 61.7 Å². The van der Waals surface area contributed by atoms with Crippen LogP contribution >= 0.6 is 0 Å². The summed E-state index contributed by atoms with van der Waals surface area (Å²) in [6.07, 6.45) is 9.93. The number of hydrogen-bond acceptors (Lipinski definition) is 7. The molecule has 0 aromatic carbocycles. The predicted octanol–water partition coefficient (Wildman–Crippen LogP) is 3.38. The highest BCUT2D eigenvalue weighted by atomic mass is 16.6. The summed E-state index contributed by atoms with van der Waals surface area (Å²) in [7, 11) is 0. The number of hydrogen-bond donors (Lipinski definition) is 4. The summed E-state index contributed by atoms with van der Waals surface area (Å²) in [6, 6.07) is 0. The fraction of sp³-hybridized carbons (Fsp3) is 0.793. The third-order valence-corrected chi connectivity index (χ3v) is 9.72. The van der Waals surface area contributed by atoms with Crippen LogP contribution < -0.4 is 0 Å². The van der Waals surface area contributed by atoms with Crippen molar-refractivity contribution in [3.63, 3.8) is 0 Å². The number of unbranched alkanes of at least 4 members (excludes halogenated alkanes) is 6. The number of carbonyl (C=O) groups is 2. The van der Waals surface area contributed by atoms with Gasteiger partial charge in [0.15, 0.2) is 5.78 Å². The zero-order valence-corrected chi connectivity index (χ0v) is 22.3. The van der Waals surface area contributed by atoms with Gasteiger partial charge in [0.25, 0.3) is 0 Å². The summed E-state index contributed by atoms with van der Waals surface area (Å²) in [5.74, 6) is -2.73. The van der Waals surface area contributed by atoms with E-state index in [1.165, 1.54) is 25.7 Å². The van der Waals surface area contributed by atoms with E-state index in [-0.39, 0.29) is 31.8 Å². The molecule has 4 aliphatic rings. The van der Waals surface area contributed by atoms with E-state index >= 15 is 0 Å². The molecule has 0 radical (unpaired) electrons. The molecule has 4 rings (SSSR count). The summed E-state index contributed by atoms with van der Waals surface area (Å²) in [4.78, 5) is 25.8. The van der Waals surface area contributed by atoms with Gasteiger partial charge in [0, 0.05) is 42.4 Å². The maximum atomic E-state index is 12.9. The molecule has 0 unspecified atom stereocenters. The lowest BCUT2D eigenvalue weighted by atomic mass is 9.63. The minimum atomic E-state index is -1.87. The van der Waals surface area contributed by atoms with E-state index in [9.17, 15) is 30.0 Å². The molecule has 36 heavy (non-hydrogen) atoms. The van der Waals surface area contributed by atoms with Crippen molar-refractivity contribution in [2.45, 2.75) is 115 Å². The van der Waals surface area contributed by atoms with Gasteiger partial charge in [-0.3, -0.25) is 9.59 Å². The van der Waals surface area contributed by atoms with E-state index in [1.54, 1.807) is 19.1 Å². The average molecular weight is 505 g/mol. The molecule has 202 valence electrons. The molecule has 0 bridgehead atoms. The molecule has 7 heteroatoms. The zero-order chi connectivity index (χ0) is 26.5. The second kappa shape index (κ2) is 9.64. The van der Waals surface area contributed by atoms with Gasteiger partial charge in [0.05, 0.1) is 18.3 Å². The standard InChI is InChI=1S/C29H44O7/c1-5-6-7-8-9-10-11-12-23(32)36-29-22(31)16-27(34)20(24(29)26(29,3)4)14-19(17-30)15-28(35)21(27)13-18(2)25(28)33/h13-14,20-22,24,30-31,34-35H,5-12,15-17H2,1-4H3/t20-,21-,22+,24+,27+,28+,29-/m0/s1. The first-order chi connectivity index (χ1) is 16.9. The van der Waals surface area contributed by atoms with Gasteiger partial charge in [0.2, 0.25) is 0 Å². The van der Waals surface area contributed by atoms with Gasteiger partial charge in [0.1, 0.15) is 11.2 Å². The summed E-state index contributed by atoms with van der Waals surface area (Å²) >= 11 is 0. The van der Waals surface area contributed by atoms with Gasteiger partial charge in [-0.25, -0.2) is 0 Å². The van der Waals surface area contributed by atoms with Gasteiger partial charge in [-0.15, -0.1) is 0 Å². The number of fused-ring (bicyclic) bond motifs is 5. The molecular formula is C29H44O7. The van der Waals surface area contributed by atoms with Crippen LogP contribution in [0.25, 0.3) is 0 Å². The van der Waals surface area contributed by atoms with Crippen molar-refractivity contribution in [2.24, 2.45) is 23.2 Å². The normalized spacial score (nSPS) is 40.4. The summed E-state index contributed by atoms with van der Waals surface area (Å²) in [6.45, 7) is 7.31. The van der Waals surface area contributed by atoms with Crippen LogP contribution in [0.4, 0.5) is 0 Å². The third kappa shape index (κ3) is 4.01. The smallest absolute Gasteiger partial charge is 0.306 e. The van der Waals surface area contributed by atoms with E-state index in [0.29, 0.717) is 11.1 Å². The lowest BCUT2D eigenvalue weighted by molar-refractivity contribution is -0.195. The molecule has 0 saturated heterocycles. The highest BCUT2D eigenvalue weighted by Crippen LogP contribution is 2.75. The molecular weight excluding hydrogens is 460 g/mol. The predicted molar refractivity (Wildman–Crippen MR) is 135 cm³/mol. The molecule has 0 amide bonds. The fourth-order valence-corrected chi connectivity index (χ4v) is 7.80. The van der Waals surface area contributed by atoms with Crippen molar-refractivity contribution in [1.82, 2.24) is 0 Å². The van der Waals surface area contributed by atoms with E-state index in [0.717, 1.165) is 19.3 Å². The molecule has 0 spiro atoms. The van der Waals surface area contributed by atoms with Crippen molar-refractivity contribution in [1.29, 1.82) is 0 Å². The number of ketones is 1. The second-order valence-electron chi connectivity index (χ2n) is 12.3. The Morgan fingerprint density at radius 3 is 2.36 bits per heavy atom. The maximum Gasteiger partial charge on any atom is 0.306 e. The van der Waals surface area contributed by atoms with Crippen LogP contribution in [0.3, 0.4) is 0 Å².